The first-order valence-electron chi connectivity index (χ1n) is 8.77. The minimum absolute atomic E-state index is 0.0192. The lowest BCUT2D eigenvalue weighted by Crippen LogP contribution is -2.37. The van der Waals surface area contributed by atoms with Crippen molar-refractivity contribution in [2.24, 2.45) is 0 Å². The molecule has 0 bridgehead atoms. The molecule has 0 spiro atoms. The maximum absolute atomic E-state index is 13.1. The van der Waals surface area contributed by atoms with Gasteiger partial charge in [-0.1, -0.05) is 12.1 Å². The molecule has 1 aliphatic heterocycles. The Hall–Kier alpha value is -2.85. The van der Waals surface area contributed by atoms with Crippen LogP contribution in [0.3, 0.4) is 0 Å². The van der Waals surface area contributed by atoms with E-state index in [-0.39, 0.29) is 29.9 Å². The monoisotopic (exact) mass is 412 g/mol. The maximum atomic E-state index is 13.1. The van der Waals surface area contributed by atoms with Crippen molar-refractivity contribution in [3.05, 3.63) is 63.5 Å². The van der Waals surface area contributed by atoms with Crippen LogP contribution in [0.25, 0.3) is 0 Å². The number of hydrogen-bond acceptors (Lipinski definition) is 6. The summed E-state index contributed by atoms with van der Waals surface area (Å²) in [5.41, 5.74) is 0.753. The number of ether oxygens (including phenoxy) is 3. The average Bonchev–Trinajstić information content (AvgIpc) is 2.69. The molecule has 0 aromatic heterocycles. The Bertz CT molecular complexity index is 864. The molecule has 1 aliphatic rings. The van der Waals surface area contributed by atoms with Gasteiger partial charge in [-0.3, -0.25) is 15.0 Å². The molecule has 0 amide bonds. The first kappa shape index (κ1) is 20.9. The lowest BCUT2D eigenvalue weighted by molar-refractivity contribution is -0.385. The van der Waals surface area contributed by atoms with Gasteiger partial charge in [-0.2, -0.15) is 8.78 Å². The molecule has 156 valence electrons. The van der Waals surface area contributed by atoms with Gasteiger partial charge in [0.15, 0.2) is 11.5 Å². The predicted octanol–water partition coefficient (Wildman–Crippen LogP) is 3.92. The first-order chi connectivity index (χ1) is 13.9. The smallest absolute Gasteiger partial charge is 0.387 e. The Kier molecular flexibility index (Phi) is 6.55. The molecule has 7 nitrogen and oxygen atoms in total. The summed E-state index contributed by atoms with van der Waals surface area (Å²) in [7, 11) is 1.27. The summed E-state index contributed by atoms with van der Waals surface area (Å²) in [5, 5.41) is 11.5. The van der Waals surface area contributed by atoms with Gasteiger partial charge in [0, 0.05) is 25.2 Å². The molecule has 3 rings (SSSR count). The van der Waals surface area contributed by atoms with Gasteiger partial charge in [-0.25, -0.2) is 4.39 Å². The maximum Gasteiger partial charge on any atom is 0.387 e. The van der Waals surface area contributed by atoms with Crippen molar-refractivity contribution in [3.8, 4) is 11.5 Å². The number of alkyl halides is 2. The van der Waals surface area contributed by atoms with Gasteiger partial charge in [-0.15, -0.1) is 0 Å². The van der Waals surface area contributed by atoms with Crippen LogP contribution >= 0.6 is 0 Å². The zero-order valence-electron chi connectivity index (χ0n) is 15.5. The normalized spacial score (nSPS) is 17.3. The fourth-order valence-electron chi connectivity index (χ4n) is 3.20. The third-order valence-electron chi connectivity index (χ3n) is 4.56. The van der Waals surface area contributed by atoms with Crippen molar-refractivity contribution in [1.29, 1.82) is 0 Å². The van der Waals surface area contributed by atoms with Crippen LogP contribution in [-0.2, 0) is 11.3 Å². The summed E-state index contributed by atoms with van der Waals surface area (Å²) in [6.45, 7) is -1.61. The Morgan fingerprint density at radius 2 is 2.00 bits per heavy atom. The zero-order valence-corrected chi connectivity index (χ0v) is 15.5. The molecule has 2 aromatic rings. The van der Waals surface area contributed by atoms with Crippen LogP contribution in [-0.4, -0.2) is 43.2 Å². The Balaban J connectivity index is 1.82. The fourth-order valence-corrected chi connectivity index (χ4v) is 3.20. The molecule has 1 saturated heterocycles. The number of benzene rings is 2. The van der Waals surface area contributed by atoms with Crippen molar-refractivity contribution in [2.75, 3.05) is 26.8 Å². The van der Waals surface area contributed by atoms with E-state index in [4.69, 9.17) is 9.47 Å². The number of nitro benzene ring substituents is 1. The molecular formula is C19H19F3N2O5. The highest BCUT2D eigenvalue weighted by atomic mass is 19.3. The van der Waals surface area contributed by atoms with Crippen LogP contribution in [0.2, 0.25) is 0 Å². The summed E-state index contributed by atoms with van der Waals surface area (Å²) >= 11 is 0. The molecule has 0 N–H and O–H groups in total. The second-order valence-corrected chi connectivity index (χ2v) is 6.41. The number of rotatable bonds is 7. The van der Waals surface area contributed by atoms with E-state index in [1.54, 1.807) is 12.1 Å². The van der Waals surface area contributed by atoms with E-state index in [0.717, 1.165) is 11.6 Å². The molecule has 2 aromatic carbocycles. The Morgan fingerprint density at radius 1 is 1.28 bits per heavy atom. The summed E-state index contributed by atoms with van der Waals surface area (Å²) in [6.07, 6.45) is -0.313. The third kappa shape index (κ3) is 5.15. The van der Waals surface area contributed by atoms with Crippen molar-refractivity contribution < 1.29 is 32.3 Å². The van der Waals surface area contributed by atoms with Crippen LogP contribution in [0, 0.1) is 15.9 Å². The van der Waals surface area contributed by atoms with Crippen LogP contribution in [0.5, 0.6) is 11.5 Å². The Labute approximate surface area is 164 Å². The van der Waals surface area contributed by atoms with Crippen LogP contribution in [0.15, 0.2) is 36.4 Å². The molecule has 1 fully saturated rings. The summed E-state index contributed by atoms with van der Waals surface area (Å²) in [5.74, 6) is -0.770. The predicted molar refractivity (Wildman–Crippen MR) is 96.7 cm³/mol. The average molecular weight is 412 g/mol. The van der Waals surface area contributed by atoms with Crippen molar-refractivity contribution in [3.63, 3.8) is 0 Å². The van der Waals surface area contributed by atoms with Crippen molar-refractivity contribution >= 4 is 5.69 Å². The highest BCUT2D eigenvalue weighted by Crippen LogP contribution is 2.36. The highest BCUT2D eigenvalue weighted by molar-refractivity contribution is 5.54. The number of hydrogen-bond donors (Lipinski definition) is 0. The van der Waals surface area contributed by atoms with Crippen molar-refractivity contribution in [2.45, 2.75) is 19.3 Å². The van der Waals surface area contributed by atoms with E-state index in [0.29, 0.717) is 25.3 Å². The molecular weight excluding hydrogens is 393 g/mol. The zero-order chi connectivity index (χ0) is 21.0. The van der Waals surface area contributed by atoms with Gasteiger partial charge in [0.05, 0.1) is 30.8 Å². The molecule has 29 heavy (non-hydrogen) atoms. The van der Waals surface area contributed by atoms with E-state index >= 15 is 0 Å². The lowest BCUT2D eigenvalue weighted by Gasteiger charge is -2.33. The molecule has 10 heteroatoms. The molecule has 0 radical (unpaired) electrons. The summed E-state index contributed by atoms with van der Waals surface area (Å²) in [4.78, 5) is 12.8. The number of halogens is 3. The quantitative estimate of drug-likeness (QED) is 0.507. The van der Waals surface area contributed by atoms with E-state index in [9.17, 15) is 23.3 Å². The fraction of sp³-hybridized carbons (Fsp3) is 0.368. The SMILES string of the molecule is COc1cc(CN2CCOC(c3ccc(F)cc3)C2)c([N+](=O)[O-])cc1OC(F)F. The van der Waals surface area contributed by atoms with Gasteiger partial charge in [-0.05, 0) is 23.8 Å². The second-order valence-electron chi connectivity index (χ2n) is 6.41. The van der Waals surface area contributed by atoms with Gasteiger partial charge < -0.3 is 14.2 Å². The van der Waals surface area contributed by atoms with Crippen LogP contribution in [0.4, 0.5) is 18.9 Å². The van der Waals surface area contributed by atoms with Gasteiger partial charge in [0.1, 0.15) is 5.82 Å². The molecule has 0 saturated carbocycles. The number of morpholine rings is 1. The number of nitro groups is 1. The van der Waals surface area contributed by atoms with E-state index < -0.39 is 17.3 Å². The largest absolute Gasteiger partial charge is 0.493 e. The Morgan fingerprint density at radius 3 is 2.62 bits per heavy atom. The van der Waals surface area contributed by atoms with Gasteiger partial charge in [0.2, 0.25) is 0 Å². The summed E-state index contributed by atoms with van der Waals surface area (Å²) < 4.78 is 53.4. The van der Waals surface area contributed by atoms with Gasteiger partial charge in [0.25, 0.3) is 5.69 Å². The molecule has 1 unspecified atom stereocenters. The molecule has 0 aliphatic carbocycles. The molecule has 1 atom stereocenters. The third-order valence-corrected chi connectivity index (χ3v) is 4.56. The number of methoxy groups -OCH3 is 1. The number of nitrogens with zero attached hydrogens (tertiary/aromatic N) is 2. The highest BCUT2D eigenvalue weighted by Gasteiger charge is 2.27. The van der Waals surface area contributed by atoms with E-state index in [2.05, 4.69) is 4.74 Å². The second kappa shape index (κ2) is 9.10. The minimum Gasteiger partial charge on any atom is -0.493 e. The summed E-state index contributed by atoms with van der Waals surface area (Å²) in [6, 6.07) is 8.22. The first-order valence-corrected chi connectivity index (χ1v) is 8.77. The van der Waals surface area contributed by atoms with E-state index in [1.165, 1.54) is 25.3 Å². The molecule has 1 heterocycles. The minimum atomic E-state index is -3.13. The van der Waals surface area contributed by atoms with Gasteiger partial charge >= 0.3 is 6.61 Å². The van der Waals surface area contributed by atoms with Crippen LogP contribution < -0.4 is 9.47 Å². The van der Waals surface area contributed by atoms with Crippen molar-refractivity contribution in [1.82, 2.24) is 4.90 Å². The standard InChI is InChI=1S/C19H19F3N2O5/c1-27-16-8-13(15(24(25)26)9-17(16)29-19(21)22)10-23-6-7-28-18(11-23)12-2-4-14(20)5-3-12/h2-5,8-9,18-19H,6-7,10-11H2,1H3. The topological polar surface area (TPSA) is 74.1 Å². The lowest BCUT2D eigenvalue weighted by atomic mass is 10.1. The van der Waals surface area contributed by atoms with Crippen LogP contribution in [0.1, 0.15) is 17.2 Å². The van der Waals surface area contributed by atoms with E-state index in [1.807, 2.05) is 4.90 Å².